The standard InChI is InChI=1S/C18H21NO2S/c1-12(2)15-10-18(21-4)13(3)9-16(15)17(20)11-22-14-5-7-19-8-6-14/h5-10,12H,11H2,1-4H3. The maximum Gasteiger partial charge on any atom is 0.173 e. The Balaban J connectivity index is 2.23. The van der Waals surface area contributed by atoms with E-state index in [9.17, 15) is 4.79 Å². The molecule has 116 valence electrons. The third kappa shape index (κ3) is 3.89. The number of methoxy groups -OCH3 is 1. The second-order valence-corrected chi connectivity index (χ2v) is 6.51. The van der Waals surface area contributed by atoms with Gasteiger partial charge in [0.05, 0.1) is 12.9 Å². The molecule has 1 aromatic heterocycles. The van der Waals surface area contributed by atoms with Gasteiger partial charge in [-0.2, -0.15) is 0 Å². The van der Waals surface area contributed by atoms with E-state index in [1.165, 1.54) is 11.8 Å². The zero-order valence-corrected chi connectivity index (χ0v) is 14.2. The average molecular weight is 315 g/mol. The summed E-state index contributed by atoms with van der Waals surface area (Å²) in [5.41, 5.74) is 2.83. The number of thioether (sulfide) groups is 1. The molecular weight excluding hydrogens is 294 g/mol. The Bertz CT molecular complexity index is 654. The number of ether oxygens (including phenoxy) is 1. The molecule has 0 aliphatic carbocycles. The fourth-order valence-electron chi connectivity index (χ4n) is 2.30. The molecule has 0 fully saturated rings. The van der Waals surface area contributed by atoms with Gasteiger partial charge in [0.25, 0.3) is 0 Å². The lowest BCUT2D eigenvalue weighted by molar-refractivity contribution is 0.102. The first-order chi connectivity index (χ1) is 10.5. The van der Waals surface area contributed by atoms with Crippen LogP contribution in [-0.2, 0) is 0 Å². The van der Waals surface area contributed by atoms with E-state index in [1.807, 2.05) is 31.2 Å². The summed E-state index contributed by atoms with van der Waals surface area (Å²) in [6, 6.07) is 7.77. The van der Waals surface area contributed by atoms with Gasteiger partial charge in [-0.3, -0.25) is 9.78 Å². The topological polar surface area (TPSA) is 39.2 Å². The van der Waals surface area contributed by atoms with Crippen molar-refractivity contribution in [1.82, 2.24) is 4.98 Å². The summed E-state index contributed by atoms with van der Waals surface area (Å²) in [7, 11) is 1.66. The van der Waals surface area contributed by atoms with E-state index in [-0.39, 0.29) is 11.7 Å². The number of benzene rings is 1. The maximum absolute atomic E-state index is 12.6. The van der Waals surface area contributed by atoms with Crippen molar-refractivity contribution in [2.24, 2.45) is 0 Å². The summed E-state index contributed by atoms with van der Waals surface area (Å²) < 4.78 is 5.38. The van der Waals surface area contributed by atoms with Crippen molar-refractivity contribution in [2.45, 2.75) is 31.6 Å². The predicted octanol–water partition coefficient (Wildman–Crippen LogP) is 4.50. The number of aromatic nitrogens is 1. The van der Waals surface area contributed by atoms with Gasteiger partial charge < -0.3 is 4.74 Å². The lowest BCUT2D eigenvalue weighted by Gasteiger charge is -2.15. The van der Waals surface area contributed by atoms with Crippen LogP contribution in [0.1, 0.15) is 41.3 Å². The molecule has 1 heterocycles. The zero-order valence-electron chi connectivity index (χ0n) is 13.4. The third-order valence-corrected chi connectivity index (χ3v) is 4.52. The first kappa shape index (κ1) is 16.6. The molecule has 3 nitrogen and oxygen atoms in total. The maximum atomic E-state index is 12.6. The summed E-state index contributed by atoms with van der Waals surface area (Å²) in [4.78, 5) is 17.7. The second kappa shape index (κ2) is 7.45. The number of ketones is 1. The van der Waals surface area contributed by atoms with Crippen LogP contribution < -0.4 is 4.74 Å². The normalized spacial score (nSPS) is 10.8. The average Bonchev–Trinajstić information content (AvgIpc) is 2.53. The Hall–Kier alpha value is -1.81. The van der Waals surface area contributed by atoms with E-state index in [4.69, 9.17) is 4.74 Å². The molecule has 0 N–H and O–H groups in total. The Morgan fingerprint density at radius 2 is 1.95 bits per heavy atom. The molecule has 0 spiro atoms. The largest absolute Gasteiger partial charge is 0.496 e. The van der Waals surface area contributed by atoms with Gasteiger partial charge in [-0.15, -0.1) is 11.8 Å². The Kier molecular flexibility index (Phi) is 5.61. The number of carbonyl (C=O) groups excluding carboxylic acids is 1. The molecule has 0 amide bonds. The van der Waals surface area contributed by atoms with Gasteiger partial charge in [0.2, 0.25) is 0 Å². The van der Waals surface area contributed by atoms with E-state index in [0.29, 0.717) is 5.75 Å². The Morgan fingerprint density at radius 3 is 2.55 bits per heavy atom. The summed E-state index contributed by atoms with van der Waals surface area (Å²) >= 11 is 1.54. The minimum atomic E-state index is 0.149. The summed E-state index contributed by atoms with van der Waals surface area (Å²) in [5.74, 6) is 1.69. The molecule has 22 heavy (non-hydrogen) atoms. The minimum absolute atomic E-state index is 0.149. The van der Waals surface area contributed by atoms with E-state index in [2.05, 4.69) is 18.8 Å². The van der Waals surface area contributed by atoms with E-state index in [0.717, 1.165) is 27.3 Å². The van der Waals surface area contributed by atoms with E-state index >= 15 is 0 Å². The van der Waals surface area contributed by atoms with Crippen LogP contribution in [0.25, 0.3) is 0 Å². The first-order valence-corrected chi connectivity index (χ1v) is 8.26. The number of hydrogen-bond donors (Lipinski definition) is 0. The smallest absolute Gasteiger partial charge is 0.173 e. The number of nitrogens with zero attached hydrogens (tertiary/aromatic N) is 1. The number of rotatable bonds is 6. The van der Waals surface area contributed by atoms with Crippen molar-refractivity contribution in [3.63, 3.8) is 0 Å². The molecule has 0 saturated carbocycles. The molecule has 0 unspecified atom stereocenters. The fraction of sp³-hybridized carbons (Fsp3) is 0.333. The molecule has 0 aliphatic heterocycles. The molecule has 2 rings (SSSR count). The van der Waals surface area contributed by atoms with Crippen LogP contribution in [0.15, 0.2) is 41.6 Å². The van der Waals surface area contributed by atoms with E-state index in [1.54, 1.807) is 19.5 Å². The SMILES string of the molecule is COc1cc(C(C)C)c(C(=O)CSc2ccncc2)cc1C. The number of hydrogen-bond acceptors (Lipinski definition) is 4. The van der Waals surface area contributed by atoms with Crippen LogP contribution in [0.5, 0.6) is 5.75 Å². The molecule has 0 bridgehead atoms. The molecule has 4 heteroatoms. The van der Waals surface area contributed by atoms with Crippen LogP contribution in [0.4, 0.5) is 0 Å². The fourth-order valence-corrected chi connectivity index (χ4v) is 3.07. The highest BCUT2D eigenvalue weighted by atomic mass is 32.2. The second-order valence-electron chi connectivity index (χ2n) is 5.46. The predicted molar refractivity (Wildman–Crippen MR) is 91.1 cm³/mol. The first-order valence-electron chi connectivity index (χ1n) is 7.27. The van der Waals surface area contributed by atoms with Crippen LogP contribution >= 0.6 is 11.8 Å². The van der Waals surface area contributed by atoms with Gasteiger partial charge in [-0.25, -0.2) is 0 Å². The number of pyridine rings is 1. The van der Waals surface area contributed by atoms with Gasteiger partial charge in [0.1, 0.15) is 5.75 Å². The molecule has 1 aromatic carbocycles. The van der Waals surface area contributed by atoms with Crippen LogP contribution in [0, 0.1) is 6.92 Å². The zero-order chi connectivity index (χ0) is 16.1. The molecule has 0 aliphatic rings. The Morgan fingerprint density at radius 1 is 1.27 bits per heavy atom. The van der Waals surface area contributed by atoms with Crippen molar-refractivity contribution < 1.29 is 9.53 Å². The van der Waals surface area contributed by atoms with Crippen molar-refractivity contribution in [3.8, 4) is 5.75 Å². The monoisotopic (exact) mass is 315 g/mol. The van der Waals surface area contributed by atoms with Crippen molar-refractivity contribution in [2.75, 3.05) is 12.9 Å². The minimum Gasteiger partial charge on any atom is -0.496 e. The van der Waals surface area contributed by atoms with Crippen molar-refractivity contribution in [3.05, 3.63) is 53.3 Å². The van der Waals surface area contributed by atoms with Crippen LogP contribution in [0.2, 0.25) is 0 Å². The van der Waals surface area contributed by atoms with E-state index < -0.39 is 0 Å². The van der Waals surface area contributed by atoms with Gasteiger partial charge in [0.15, 0.2) is 5.78 Å². The summed E-state index contributed by atoms with van der Waals surface area (Å²) in [5, 5.41) is 0. The number of carbonyl (C=O) groups is 1. The summed E-state index contributed by atoms with van der Waals surface area (Å²) in [6.07, 6.45) is 3.48. The molecule has 0 atom stereocenters. The third-order valence-electron chi connectivity index (χ3n) is 3.51. The highest BCUT2D eigenvalue weighted by molar-refractivity contribution is 8.00. The number of aryl methyl sites for hydroxylation is 1. The highest BCUT2D eigenvalue weighted by Gasteiger charge is 2.17. The molecule has 0 radical (unpaired) electrons. The van der Waals surface area contributed by atoms with Crippen LogP contribution in [-0.4, -0.2) is 23.6 Å². The Labute approximate surface area is 136 Å². The van der Waals surface area contributed by atoms with Gasteiger partial charge >= 0.3 is 0 Å². The lowest BCUT2D eigenvalue weighted by Crippen LogP contribution is -2.09. The lowest BCUT2D eigenvalue weighted by atomic mass is 9.93. The molecule has 2 aromatic rings. The van der Waals surface area contributed by atoms with Gasteiger partial charge in [-0.1, -0.05) is 13.8 Å². The quantitative estimate of drug-likeness (QED) is 0.581. The molecule has 0 saturated heterocycles. The van der Waals surface area contributed by atoms with Crippen molar-refractivity contribution in [1.29, 1.82) is 0 Å². The van der Waals surface area contributed by atoms with Gasteiger partial charge in [0, 0.05) is 22.9 Å². The summed E-state index contributed by atoms with van der Waals surface area (Å²) in [6.45, 7) is 6.16. The van der Waals surface area contributed by atoms with Gasteiger partial charge in [-0.05, 0) is 48.2 Å². The number of Topliss-reactive ketones (excluding diaryl/α,β-unsaturated/α-hetero) is 1. The van der Waals surface area contributed by atoms with Crippen molar-refractivity contribution >= 4 is 17.5 Å². The highest BCUT2D eigenvalue weighted by Crippen LogP contribution is 2.29. The van der Waals surface area contributed by atoms with Crippen LogP contribution in [0.3, 0.4) is 0 Å². The molecular formula is C18H21NO2S.